The molecular formula is C18H28N2. The molecule has 0 fully saturated rings. The maximum Gasteiger partial charge on any atom is 0.0483 e. The third-order valence-corrected chi connectivity index (χ3v) is 3.66. The summed E-state index contributed by atoms with van der Waals surface area (Å²) in [5.41, 5.74) is 2.89. The van der Waals surface area contributed by atoms with Gasteiger partial charge in [0.05, 0.1) is 0 Å². The van der Waals surface area contributed by atoms with E-state index in [0.29, 0.717) is 5.92 Å². The standard InChI is InChI=1S/C18H28N2/c1-4-11-19-12-7-8-16-14-20(13-15(2)3)18-10-6-5-9-17(16)18/h5-6,9-10,14-15,19H,4,7-8,11-13H2,1-3H3. The quantitative estimate of drug-likeness (QED) is 0.712. The van der Waals surface area contributed by atoms with Crippen molar-refractivity contribution in [1.29, 1.82) is 0 Å². The molecule has 0 aliphatic carbocycles. The van der Waals surface area contributed by atoms with E-state index in [-0.39, 0.29) is 0 Å². The zero-order chi connectivity index (χ0) is 14.4. The summed E-state index contributed by atoms with van der Waals surface area (Å²) in [4.78, 5) is 0. The predicted molar refractivity (Wildman–Crippen MR) is 88.3 cm³/mol. The maximum absolute atomic E-state index is 3.49. The molecule has 0 atom stereocenters. The molecule has 20 heavy (non-hydrogen) atoms. The minimum absolute atomic E-state index is 0.685. The molecule has 0 aliphatic rings. The van der Waals surface area contributed by atoms with E-state index in [1.54, 1.807) is 0 Å². The largest absolute Gasteiger partial charge is 0.347 e. The van der Waals surface area contributed by atoms with Crippen LogP contribution in [0.2, 0.25) is 0 Å². The maximum atomic E-state index is 3.49. The molecule has 0 saturated carbocycles. The number of hydrogen-bond acceptors (Lipinski definition) is 1. The highest BCUT2D eigenvalue weighted by Crippen LogP contribution is 2.23. The number of hydrogen-bond donors (Lipinski definition) is 1. The van der Waals surface area contributed by atoms with Gasteiger partial charge in [-0.25, -0.2) is 0 Å². The molecular weight excluding hydrogens is 244 g/mol. The Bertz CT molecular complexity index is 525. The number of nitrogens with zero attached hydrogens (tertiary/aromatic N) is 1. The van der Waals surface area contributed by atoms with Gasteiger partial charge < -0.3 is 9.88 Å². The minimum Gasteiger partial charge on any atom is -0.347 e. The van der Waals surface area contributed by atoms with Crippen molar-refractivity contribution in [2.45, 2.75) is 46.6 Å². The first-order valence-corrected chi connectivity index (χ1v) is 7.99. The Morgan fingerprint density at radius 2 is 1.95 bits per heavy atom. The van der Waals surface area contributed by atoms with Crippen LogP contribution >= 0.6 is 0 Å². The second-order valence-corrected chi connectivity index (χ2v) is 6.07. The van der Waals surface area contributed by atoms with Crippen LogP contribution in [-0.4, -0.2) is 17.7 Å². The monoisotopic (exact) mass is 272 g/mol. The molecule has 0 bridgehead atoms. The summed E-state index contributed by atoms with van der Waals surface area (Å²) in [6, 6.07) is 8.81. The first-order valence-electron chi connectivity index (χ1n) is 7.99. The van der Waals surface area contributed by atoms with Crippen LogP contribution in [0.4, 0.5) is 0 Å². The topological polar surface area (TPSA) is 17.0 Å². The number of para-hydroxylation sites is 1. The van der Waals surface area contributed by atoms with Crippen molar-refractivity contribution in [2.75, 3.05) is 13.1 Å². The fraction of sp³-hybridized carbons (Fsp3) is 0.556. The van der Waals surface area contributed by atoms with Crippen molar-refractivity contribution >= 4 is 10.9 Å². The van der Waals surface area contributed by atoms with Crippen LogP contribution in [0.25, 0.3) is 10.9 Å². The lowest BCUT2D eigenvalue weighted by molar-refractivity contribution is 0.534. The van der Waals surface area contributed by atoms with Crippen molar-refractivity contribution in [1.82, 2.24) is 9.88 Å². The average Bonchev–Trinajstić information content (AvgIpc) is 2.77. The highest BCUT2D eigenvalue weighted by molar-refractivity contribution is 5.83. The van der Waals surface area contributed by atoms with Crippen LogP contribution < -0.4 is 5.32 Å². The lowest BCUT2D eigenvalue weighted by Crippen LogP contribution is -2.16. The van der Waals surface area contributed by atoms with Crippen molar-refractivity contribution in [3.63, 3.8) is 0 Å². The van der Waals surface area contributed by atoms with Crippen LogP contribution in [0, 0.1) is 5.92 Å². The Kier molecular flexibility index (Phi) is 5.66. The average molecular weight is 272 g/mol. The van der Waals surface area contributed by atoms with Gasteiger partial charge in [-0.05, 0) is 49.9 Å². The molecule has 0 unspecified atom stereocenters. The van der Waals surface area contributed by atoms with Gasteiger partial charge in [-0.15, -0.1) is 0 Å². The lowest BCUT2D eigenvalue weighted by Gasteiger charge is -2.07. The van der Waals surface area contributed by atoms with Crippen LogP contribution in [0.15, 0.2) is 30.5 Å². The normalized spacial score (nSPS) is 11.6. The first-order chi connectivity index (χ1) is 9.72. The van der Waals surface area contributed by atoms with Crippen molar-refractivity contribution in [3.8, 4) is 0 Å². The molecule has 2 nitrogen and oxygen atoms in total. The van der Waals surface area contributed by atoms with Gasteiger partial charge in [-0.3, -0.25) is 0 Å². The molecule has 0 radical (unpaired) electrons. The lowest BCUT2D eigenvalue weighted by atomic mass is 10.1. The third-order valence-electron chi connectivity index (χ3n) is 3.66. The van der Waals surface area contributed by atoms with E-state index in [2.05, 4.69) is 61.1 Å². The van der Waals surface area contributed by atoms with Gasteiger partial charge in [0.1, 0.15) is 0 Å². The van der Waals surface area contributed by atoms with Crippen molar-refractivity contribution in [3.05, 3.63) is 36.0 Å². The number of benzene rings is 1. The van der Waals surface area contributed by atoms with Crippen LogP contribution in [0.1, 0.15) is 39.2 Å². The highest BCUT2D eigenvalue weighted by atomic mass is 15.0. The first kappa shape index (κ1) is 15.1. The van der Waals surface area contributed by atoms with Gasteiger partial charge in [0, 0.05) is 23.6 Å². The van der Waals surface area contributed by atoms with E-state index in [4.69, 9.17) is 0 Å². The van der Waals surface area contributed by atoms with Crippen molar-refractivity contribution < 1.29 is 0 Å². The van der Waals surface area contributed by atoms with Gasteiger partial charge in [0.25, 0.3) is 0 Å². The molecule has 2 aromatic rings. The Morgan fingerprint density at radius 3 is 2.70 bits per heavy atom. The van der Waals surface area contributed by atoms with E-state index in [0.717, 1.165) is 19.6 Å². The van der Waals surface area contributed by atoms with Gasteiger partial charge in [-0.1, -0.05) is 39.0 Å². The Labute approximate surface area is 123 Å². The van der Waals surface area contributed by atoms with E-state index >= 15 is 0 Å². The van der Waals surface area contributed by atoms with Gasteiger partial charge in [0.2, 0.25) is 0 Å². The van der Waals surface area contributed by atoms with E-state index in [1.165, 1.54) is 35.7 Å². The molecule has 1 aromatic heterocycles. The molecule has 0 spiro atoms. The summed E-state index contributed by atoms with van der Waals surface area (Å²) in [7, 11) is 0. The van der Waals surface area contributed by atoms with Gasteiger partial charge >= 0.3 is 0 Å². The smallest absolute Gasteiger partial charge is 0.0483 e. The Morgan fingerprint density at radius 1 is 1.15 bits per heavy atom. The SMILES string of the molecule is CCCNCCCc1cn(CC(C)C)c2ccccc12. The zero-order valence-electron chi connectivity index (χ0n) is 13.2. The van der Waals surface area contributed by atoms with Crippen LogP contribution in [0.5, 0.6) is 0 Å². The summed E-state index contributed by atoms with van der Waals surface area (Å²) >= 11 is 0. The third kappa shape index (κ3) is 3.86. The molecule has 0 saturated heterocycles. The Balaban J connectivity index is 2.08. The summed E-state index contributed by atoms with van der Waals surface area (Å²) in [6.45, 7) is 10.1. The summed E-state index contributed by atoms with van der Waals surface area (Å²) < 4.78 is 2.43. The summed E-state index contributed by atoms with van der Waals surface area (Å²) in [5, 5.41) is 4.92. The fourth-order valence-corrected chi connectivity index (χ4v) is 2.77. The number of fused-ring (bicyclic) bond motifs is 1. The molecule has 2 rings (SSSR count). The summed E-state index contributed by atoms with van der Waals surface area (Å²) in [5.74, 6) is 0.685. The second kappa shape index (κ2) is 7.49. The molecule has 110 valence electrons. The van der Waals surface area contributed by atoms with Crippen molar-refractivity contribution in [2.24, 2.45) is 5.92 Å². The number of rotatable bonds is 8. The second-order valence-electron chi connectivity index (χ2n) is 6.07. The number of aryl methyl sites for hydroxylation is 1. The van der Waals surface area contributed by atoms with Crippen LogP contribution in [-0.2, 0) is 13.0 Å². The highest BCUT2D eigenvalue weighted by Gasteiger charge is 2.08. The minimum atomic E-state index is 0.685. The molecule has 1 N–H and O–H groups in total. The van der Waals surface area contributed by atoms with Gasteiger partial charge in [-0.2, -0.15) is 0 Å². The van der Waals surface area contributed by atoms with Crippen LogP contribution in [0.3, 0.4) is 0 Å². The Hall–Kier alpha value is -1.28. The number of nitrogens with one attached hydrogen (secondary N) is 1. The summed E-state index contributed by atoms with van der Waals surface area (Å²) in [6.07, 6.45) is 5.97. The number of aromatic nitrogens is 1. The van der Waals surface area contributed by atoms with E-state index < -0.39 is 0 Å². The van der Waals surface area contributed by atoms with E-state index in [1.807, 2.05) is 0 Å². The molecule has 0 aliphatic heterocycles. The molecule has 2 heteroatoms. The molecule has 1 heterocycles. The van der Waals surface area contributed by atoms with Gasteiger partial charge in [0.15, 0.2) is 0 Å². The molecule has 0 amide bonds. The molecule has 1 aromatic carbocycles. The zero-order valence-corrected chi connectivity index (χ0v) is 13.2. The predicted octanol–water partition coefficient (Wildman–Crippen LogP) is 4.23. The van der Waals surface area contributed by atoms with E-state index in [9.17, 15) is 0 Å². The fourth-order valence-electron chi connectivity index (χ4n) is 2.77.